The molecule has 0 aliphatic carbocycles. The lowest BCUT2D eigenvalue weighted by Crippen LogP contribution is -3.00. The van der Waals surface area contributed by atoms with Crippen molar-refractivity contribution in [2.45, 2.75) is 6.42 Å². The van der Waals surface area contributed by atoms with Crippen LogP contribution in [0, 0.1) is 0 Å². The van der Waals surface area contributed by atoms with E-state index in [0.717, 1.165) is 23.3 Å². The molecule has 0 unspecified atom stereocenters. The van der Waals surface area contributed by atoms with Gasteiger partial charge in [0.1, 0.15) is 7.05 Å². The van der Waals surface area contributed by atoms with Crippen molar-refractivity contribution in [1.29, 1.82) is 0 Å². The first kappa shape index (κ1) is 17.5. The molecule has 0 aliphatic rings. The van der Waals surface area contributed by atoms with E-state index in [1.54, 1.807) is 14.2 Å². The Morgan fingerprint density at radius 2 is 1.61 bits per heavy atom. The van der Waals surface area contributed by atoms with Crippen molar-refractivity contribution in [2.24, 2.45) is 7.05 Å². The van der Waals surface area contributed by atoms with E-state index in [0.29, 0.717) is 0 Å². The minimum absolute atomic E-state index is 0. The molecule has 0 saturated carbocycles. The lowest BCUT2D eigenvalue weighted by Gasteiger charge is -2.12. The molecule has 120 valence electrons. The summed E-state index contributed by atoms with van der Waals surface area (Å²) in [5, 5.41) is 2.26. The van der Waals surface area contributed by atoms with Crippen LogP contribution in [0.25, 0.3) is 10.8 Å². The zero-order valence-electron chi connectivity index (χ0n) is 13.5. The summed E-state index contributed by atoms with van der Waals surface area (Å²) in [6.07, 6.45) is 5.13. The van der Waals surface area contributed by atoms with E-state index in [1.165, 1.54) is 16.5 Å². The van der Waals surface area contributed by atoms with E-state index >= 15 is 0 Å². The fourth-order valence-electron chi connectivity index (χ4n) is 2.87. The van der Waals surface area contributed by atoms with Crippen LogP contribution in [0.3, 0.4) is 0 Å². The van der Waals surface area contributed by atoms with E-state index in [4.69, 9.17) is 9.47 Å². The van der Waals surface area contributed by atoms with Crippen molar-refractivity contribution < 1.29 is 38.0 Å². The van der Waals surface area contributed by atoms with Gasteiger partial charge in [0.15, 0.2) is 23.9 Å². The molecule has 3 aromatic rings. The predicted octanol–water partition coefficient (Wildman–Crippen LogP) is 0.276. The number of pyridine rings is 1. The zero-order valence-corrected chi connectivity index (χ0v) is 15.7. The fourth-order valence-corrected chi connectivity index (χ4v) is 2.87. The van der Waals surface area contributed by atoms with Crippen LogP contribution in [0.15, 0.2) is 54.9 Å². The number of ether oxygens (including phenoxy) is 2. The summed E-state index contributed by atoms with van der Waals surface area (Å²) in [6, 6.07) is 14.6. The van der Waals surface area contributed by atoms with Gasteiger partial charge in [0.2, 0.25) is 0 Å². The molecule has 0 aliphatic heterocycles. The molecule has 4 heteroatoms. The number of hydrogen-bond donors (Lipinski definition) is 0. The molecule has 2 aromatic carbocycles. The molecular weight excluding hydrogens is 401 g/mol. The monoisotopic (exact) mass is 421 g/mol. The number of hydrogen-bond acceptors (Lipinski definition) is 2. The predicted molar refractivity (Wildman–Crippen MR) is 87.5 cm³/mol. The van der Waals surface area contributed by atoms with Crippen molar-refractivity contribution in [3.63, 3.8) is 0 Å². The Balaban J connectivity index is 0.00000192. The topological polar surface area (TPSA) is 22.3 Å². The number of benzene rings is 2. The lowest BCUT2D eigenvalue weighted by atomic mass is 10.00. The van der Waals surface area contributed by atoms with E-state index in [9.17, 15) is 0 Å². The summed E-state index contributed by atoms with van der Waals surface area (Å²) >= 11 is 0. The summed E-state index contributed by atoms with van der Waals surface area (Å²) in [5.41, 5.74) is 2.57. The highest BCUT2D eigenvalue weighted by Gasteiger charge is 2.16. The molecule has 0 fully saturated rings. The standard InChI is InChI=1S/C19H20NO2.HI/c1-20-12-15(11-14-7-5-4-6-8-14)16-9-10-18(21-2)19(22-3)17(16)13-20;/h4-10,12-13H,11H2,1-3H3;1H/q+1;/p-1. The summed E-state index contributed by atoms with van der Waals surface area (Å²) < 4.78 is 13.1. The fraction of sp³-hybridized carbons (Fsp3) is 0.211. The van der Waals surface area contributed by atoms with Gasteiger partial charge in [-0.3, -0.25) is 0 Å². The molecule has 3 rings (SSSR count). The molecule has 0 saturated heterocycles. The second-order valence-corrected chi connectivity index (χ2v) is 5.37. The Hall–Kier alpha value is -1.82. The molecule has 0 N–H and O–H groups in total. The van der Waals surface area contributed by atoms with Crippen LogP contribution < -0.4 is 38.0 Å². The summed E-state index contributed by atoms with van der Waals surface area (Å²) in [6.45, 7) is 0. The third kappa shape index (κ3) is 3.58. The first-order chi connectivity index (χ1) is 10.7. The van der Waals surface area contributed by atoms with Crippen molar-refractivity contribution in [2.75, 3.05) is 14.2 Å². The van der Waals surface area contributed by atoms with Gasteiger partial charge in [-0.05, 0) is 17.7 Å². The van der Waals surface area contributed by atoms with Crippen molar-refractivity contribution in [3.05, 3.63) is 66.0 Å². The number of rotatable bonds is 4. The quantitative estimate of drug-likeness (QED) is 0.446. The highest BCUT2D eigenvalue weighted by molar-refractivity contribution is 5.92. The number of fused-ring (bicyclic) bond motifs is 1. The molecule has 1 heterocycles. The zero-order chi connectivity index (χ0) is 15.5. The molecule has 1 aromatic heterocycles. The minimum Gasteiger partial charge on any atom is -1.00 e. The van der Waals surface area contributed by atoms with Gasteiger partial charge in [0.05, 0.1) is 19.6 Å². The van der Waals surface area contributed by atoms with Crippen LogP contribution in [0.5, 0.6) is 11.5 Å². The molecule has 0 bridgehead atoms. The minimum atomic E-state index is 0. The maximum atomic E-state index is 5.57. The molecule has 0 spiro atoms. The molecule has 3 nitrogen and oxygen atoms in total. The Morgan fingerprint density at radius 3 is 2.26 bits per heavy atom. The van der Waals surface area contributed by atoms with Crippen molar-refractivity contribution >= 4 is 10.8 Å². The van der Waals surface area contributed by atoms with E-state index in [2.05, 4.69) is 47.3 Å². The van der Waals surface area contributed by atoms with Crippen molar-refractivity contribution in [3.8, 4) is 11.5 Å². The van der Waals surface area contributed by atoms with Gasteiger partial charge in [-0.15, -0.1) is 0 Å². The van der Waals surface area contributed by atoms with Gasteiger partial charge in [0.25, 0.3) is 0 Å². The van der Waals surface area contributed by atoms with Crippen LogP contribution in [-0.4, -0.2) is 14.2 Å². The lowest BCUT2D eigenvalue weighted by molar-refractivity contribution is -0.670. The first-order valence-electron chi connectivity index (χ1n) is 7.29. The smallest absolute Gasteiger partial charge is 0.180 e. The maximum absolute atomic E-state index is 5.57. The van der Waals surface area contributed by atoms with E-state index < -0.39 is 0 Å². The average Bonchev–Trinajstić information content (AvgIpc) is 2.54. The second-order valence-electron chi connectivity index (χ2n) is 5.37. The number of nitrogens with zero attached hydrogens (tertiary/aromatic N) is 1. The number of aromatic nitrogens is 1. The van der Waals surface area contributed by atoms with Gasteiger partial charge >= 0.3 is 0 Å². The van der Waals surface area contributed by atoms with E-state index in [1.807, 2.05) is 19.2 Å². The molecule has 23 heavy (non-hydrogen) atoms. The van der Waals surface area contributed by atoms with Gasteiger partial charge in [-0.1, -0.05) is 30.3 Å². The second kappa shape index (κ2) is 7.64. The Kier molecular flexibility index (Phi) is 5.82. The van der Waals surface area contributed by atoms with Gasteiger partial charge in [0, 0.05) is 17.4 Å². The number of methoxy groups -OCH3 is 2. The first-order valence-corrected chi connectivity index (χ1v) is 7.29. The summed E-state index contributed by atoms with van der Waals surface area (Å²) in [4.78, 5) is 0. The Morgan fingerprint density at radius 1 is 0.870 bits per heavy atom. The van der Waals surface area contributed by atoms with E-state index in [-0.39, 0.29) is 24.0 Å². The highest BCUT2D eigenvalue weighted by Crippen LogP contribution is 2.36. The Bertz CT molecular complexity index is 803. The molecule has 0 amide bonds. The SMILES string of the molecule is COc1ccc2c(Cc3ccccc3)c[n+](C)cc2c1OC.[I-]. The highest BCUT2D eigenvalue weighted by atomic mass is 127. The maximum Gasteiger partial charge on any atom is 0.180 e. The summed E-state index contributed by atoms with van der Waals surface area (Å²) in [5.74, 6) is 1.54. The van der Waals surface area contributed by atoms with Crippen LogP contribution in [0.4, 0.5) is 0 Å². The molecule has 0 radical (unpaired) electrons. The molecule has 0 atom stereocenters. The van der Waals surface area contributed by atoms with Crippen LogP contribution in [0.1, 0.15) is 11.1 Å². The largest absolute Gasteiger partial charge is 1.00 e. The van der Waals surface area contributed by atoms with Gasteiger partial charge in [-0.25, -0.2) is 4.57 Å². The van der Waals surface area contributed by atoms with Gasteiger partial charge < -0.3 is 33.5 Å². The number of aryl methyl sites for hydroxylation is 1. The third-order valence-corrected chi connectivity index (χ3v) is 3.86. The van der Waals surface area contributed by atoms with Crippen LogP contribution >= 0.6 is 0 Å². The normalized spacial score (nSPS) is 10.2. The average molecular weight is 421 g/mol. The van der Waals surface area contributed by atoms with Crippen molar-refractivity contribution in [1.82, 2.24) is 0 Å². The third-order valence-electron chi connectivity index (χ3n) is 3.86. The number of halogens is 1. The van der Waals surface area contributed by atoms with Gasteiger partial charge in [-0.2, -0.15) is 0 Å². The molecular formula is C19H20INO2. The Labute approximate surface area is 153 Å². The van der Waals surface area contributed by atoms with Crippen LogP contribution in [0.2, 0.25) is 0 Å². The summed E-state index contributed by atoms with van der Waals surface area (Å²) in [7, 11) is 5.38. The van der Waals surface area contributed by atoms with Crippen LogP contribution in [-0.2, 0) is 13.5 Å².